The number of benzene rings is 1. The quantitative estimate of drug-likeness (QED) is 0.943. The van der Waals surface area contributed by atoms with Gasteiger partial charge in [-0.2, -0.15) is 0 Å². The highest BCUT2D eigenvalue weighted by Crippen LogP contribution is 2.25. The number of aromatic amines is 1. The van der Waals surface area contributed by atoms with Gasteiger partial charge in [0.1, 0.15) is 0 Å². The van der Waals surface area contributed by atoms with Crippen molar-refractivity contribution in [2.75, 3.05) is 13.1 Å². The number of aromatic nitrogens is 2. The molecule has 1 aromatic heterocycles. The normalized spacial score (nSPS) is 16.4. The molecule has 0 saturated carbocycles. The summed E-state index contributed by atoms with van der Waals surface area (Å²) < 4.78 is 1.87. The number of imidazole rings is 1. The van der Waals surface area contributed by atoms with E-state index >= 15 is 0 Å². The van der Waals surface area contributed by atoms with Gasteiger partial charge in [0.25, 0.3) is 0 Å². The first kappa shape index (κ1) is 15.8. The van der Waals surface area contributed by atoms with Crippen LogP contribution in [0.2, 0.25) is 0 Å². The van der Waals surface area contributed by atoms with Crippen LogP contribution >= 0.6 is 0 Å². The highest BCUT2D eigenvalue weighted by Gasteiger charge is 2.25. The largest absolute Gasteiger partial charge is 0.343 e. The van der Waals surface area contributed by atoms with Gasteiger partial charge in [-0.05, 0) is 37.3 Å². The SMILES string of the molecule is CC(C)CCC(=O)N1CCC(n2c(=O)[nH]c3ccccc32)CC1. The van der Waals surface area contributed by atoms with E-state index in [9.17, 15) is 9.59 Å². The van der Waals surface area contributed by atoms with E-state index < -0.39 is 0 Å². The number of piperidine rings is 1. The Hall–Kier alpha value is -2.04. The fraction of sp³-hybridized carbons (Fsp3) is 0.556. The Kier molecular flexibility index (Phi) is 4.55. The molecule has 1 aliphatic rings. The van der Waals surface area contributed by atoms with Gasteiger partial charge in [0, 0.05) is 25.6 Å². The number of para-hydroxylation sites is 2. The molecular weight excluding hydrogens is 290 g/mol. The number of nitrogens with one attached hydrogen (secondary N) is 1. The highest BCUT2D eigenvalue weighted by atomic mass is 16.2. The molecule has 1 amide bonds. The Labute approximate surface area is 136 Å². The molecule has 124 valence electrons. The van der Waals surface area contributed by atoms with Gasteiger partial charge >= 0.3 is 5.69 Å². The van der Waals surface area contributed by atoms with Gasteiger partial charge in [0.05, 0.1) is 11.0 Å². The fourth-order valence-corrected chi connectivity index (χ4v) is 3.38. The number of nitrogens with zero attached hydrogens (tertiary/aromatic N) is 2. The van der Waals surface area contributed by atoms with E-state index in [0.717, 1.165) is 43.4 Å². The van der Waals surface area contributed by atoms with Crippen LogP contribution in [0, 0.1) is 5.92 Å². The zero-order valence-corrected chi connectivity index (χ0v) is 13.9. The maximum Gasteiger partial charge on any atom is 0.326 e. The van der Waals surface area contributed by atoms with Gasteiger partial charge in [-0.1, -0.05) is 26.0 Å². The molecule has 1 N–H and O–H groups in total. The number of carbonyl (C=O) groups excluding carboxylic acids is 1. The molecule has 5 nitrogen and oxygen atoms in total. The van der Waals surface area contributed by atoms with Crippen molar-refractivity contribution in [2.24, 2.45) is 5.92 Å². The molecule has 1 fully saturated rings. The lowest BCUT2D eigenvalue weighted by Crippen LogP contribution is -2.40. The Morgan fingerprint density at radius 1 is 1.26 bits per heavy atom. The van der Waals surface area contributed by atoms with Crippen molar-refractivity contribution in [2.45, 2.75) is 45.6 Å². The molecular formula is C18H25N3O2. The van der Waals surface area contributed by atoms with E-state index in [1.807, 2.05) is 33.7 Å². The van der Waals surface area contributed by atoms with Crippen molar-refractivity contribution in [1.82, 2.24) is 14.5 Å². The third kappa shape index (κ3) is 3.33. The molecule has 0 unspecified atom stereocenters. The van der Waals surface area contributed by atoms with Crippen LogP contribution in [0.4, 0.5) is 0 Å². The second-order valence-corrected chi connectivity index (χ2v) is 6.86. The van der Waals surface area contributed by atoms with Crippen molar-refractivity contribution >= 4 is 16.9 Å². The van der Waals surface area contributed by atoms with Crippen LogP contribution < -0.4 is 5.69 Å². The van der Waals surface area contributed by atoms with Gasteiger partial charge in [-0.15, -0.1) is 0 Å². The number of likely N-dealkylation sites (tertiary alicyclic amines) is 1. The zero-order valence-electron chi connectivity index (χ0n) is 13.9. The molecule has 2 aromatic rings. The molecule has 0 spiro atoms. The van der Waals surface area contributed by atoms with Gasteiger partial charge in [0.2, 0.25) is 5.91 Å². The Morgan fingerprint density at radius 3 is 2.65 bits per heavy atom. The minimum absolute atomic E-state index is 0.0456. The Balaban J connectivity index is 1.68. The van der Waals surface area contributed by atoms with Gasteiger partial charge < -0.3 is 9.88 Å². The minimum atomic E-state index is -0.0456. The second-order valence-electron chi connectivity index (χ2n) is 6.86. The molecule has 2 heterocycles. The van der Waals surface area contributed by atoms with E-state index in [1.165, 1.54) is 0 Å². The van der Waals surface area contributed by atoms with Crippen molar-refractivity contribution in [3.05, 3.63) is 34.7 Å². The Morgan fingerprint density at radius 2 is 1.96 bits per heavy atom. The van der Waals surface area contributed by atoms with Gasteiger partial charge in [-0.25, -0.2) is 4.79 Å². The third-order valence-corrected chi connectivity index (χ3v) is 4.74. The van der Waals surface area contributed by atoms with E-state index in [-0.39, 0.29) is 17.6 Å². The summed E-state index contributed by atoms with van der Waals surface area (Å²) in [5.74, 6) is 0.810. The lowest BCUT2D eigenvalue weighted by Gasteiger charge is -2.32. The van der Waals surface area contributed by atoms with Crippen LogP contribution in [0.5, 0.6) is 0 Å². The van der Waals surface area contributed by atoms with Crippen molar-refractivity contribution in [3.8, 4) is 0 Å². The topological polar surface area (TPSA) is 58.1 Å². The van der Waals surface area contributed by atoms with Crippen LogP contribution in [-0.2, 0) is 4.79 Å². The molecule has 0 atom stereocenters. The van der Waals surface area contributed by atoms with Crippen LogP contribution in [0.15, 0.2) is 29.1 Å². The average molecular weight is 315 g/mol. The number of amides is 1. The number of rotatable bonds is 4. The molecule has 0 aliphatic carbocycles. The fourth-order valence-electron chi connectivity index (χ4n) is 3.38. The molecule has 23 heavy (non-hydrogen) atoms. The molecule has 0 bridgehead atoms. The first-order valence-corrected chi connectivity index (χ1v) is 8.53. The van der Waals surface area contributed by atoms with E-state index in [0.29, 0.717) is 12.3 Å². The first-order valence-electron chi connectivity index (χ1n) is 8.53. The smallest absolute Gasteiger partial charge is 0.326 e. The number of carbonyl (C=O) groups is 1. The molecule has 1 aliphatic heterocycles. The minimum Gasteiger partial charge on any atom is -0.343 e. The van der Waals surface area contributed by atoms with Crippen molar-refractivity contribution in [1.29, 1.82) is 0 Å². The van der Waals surface area contributed by atoms with Crippen molar-refractivity contribution in [3.63, 3.8) is 0 Å². The van der Waals surface area contributed by atoms with Crippen LogP contribution in [0.1, 0.15) is 45.6 Å². The second kappa shape index (κ2) is 6.60. The molecule has 3 rings (SSSR count). The standard InChI is InChI=1S/C18H25N3O2/c1-13(2)7-8-17(22)20-11-9-14(10-12-20)21-16-6-4-3-5-15(16)19-18(21)23/h3-6,13-14H,7-12H2,1-2H3,(H,19,23). The molecule has 1 saturated heterocycles. The summed E-state index contributed by atoms with van der Waals surface area (Å²) >= 11 is 0. The molecule has 1 aromatic carbocycles. The molecule has 0 radical (unpaired) electrons. The van der Waals surface area contributed by atoms with E-state index in [1.54, 1.807) is 0 Å². The van der Waals surface area contributed by atoms with E-state index in [2.05, 4.69) is 18.8 Å². The van der Waals surface area contributed by atoms with Crippen LogP contribution in [-0.4, -0.2) is 33.4 Å². The third-order valence-electron chi connectivity index (χ3n) is 4.74. The zero-order chi connectivity index (χ0) is 16.4. The van der Waals surface area contributed by atoms with Gasteiger partial charge in [0.15, 0.2) is 0 Å². The summed E-state index contributed by atoms with van der Waals surface area (Å²) in [5, 5.41) is 0. The maximum absolute atomic E-state index is 12.3. The number of hydrogen-bond donors (Lipinski definition) is 1. The lowest BCUT2D eigenvalue weighted by molar-refractivity contribution is -0.132. The summed E-state index contributed by atoms with van der Waals surface area (Å²) in [6.07, 6.45) is 3.26. The predicted octanol–water partition coefficient (Wildman–Crippen LogP) is 2.93. The average Bonchev–Trinajstić information content (AvgIpc) is 2.88. The van der Waals surface area contributed by atoms with Crippen molar-refractivity contribution < 1.29 is 4.79 Å². The first-order chi connectivity index (χ1) is 11.1. The number of hydrogen-bond acceptors (Lipinski definition) is 2. The predicted molar refractivity (Wildman–Crippen MR) is 91.5 cm³/mol. The maximum atomic E-state index is 12.3. The number of fused-ring (bicyclic) bond motifs is 1. The summed E-state index contributed by atoms with van der Waals surface area (Å²) in [5.41, 5.74) is 1.80. The van der Waals surface area contributed by atoms with Gasteiger partial charge in [-0.3, -0.25) is 9.36 Å². The summed E-state index contributed by atoms with van der Waals surface area (Å²) in [6.45, 7) is 5.77. The highest BCUT2D eigenvalue weighted by molar-refractivity contribution is 5.76. The molecule has 5 heteroatoms. The number of H-pyrrole nitrogens is 1. The van der Waals surface area contributed by atoms with Crippen LogP contribution in [0.3, 0.4) is 0 Å². The Bertz CT molecular complexity index is 736. The summed E-state index contributed by atoms with van der Waals surface area (Å²) in [4.78, 5) is 29.4. The van der Waals surface area contributed by atoms with E-state index in [4.69, 9.17) is 0 Å². The summed E-state index contributed by atoms with van der Waals surface area (Å²) in [6, 6.07) is 7.97. The summed E-state index contributed by atoms with van der Waals surface area (Å²) in [7, 11) is 0. The lowest BCUT2D eigenvalue weighted by atomic mass is 10.0. The van der Waals surface area contributed by atoms with Crippen LogP contribution in [0.25, 0.3) is 11.0 Å². The monoisotopic (exact) mass is 315 g/mol.